The van der Waals surface area contributed by atoms with Crippen LogP contribution in [0.1, 0.15) is 23.2 Å². The molecule has 0 spiro atoms. The Morgan fingerprint density at radius 1 is 1.35 bits per heavy atom. The Morgan fingerprint density at radius 2 is 2.15 bits per heavy atom. The number of carbonyl (C=O) groups excluding carboxylic acids is 2. The van der Waals surface area contributed by atoms with Crippen LogP contribution < -0.4 is 25.4 Å². The van der Waals surface area contributed by atoms with Gasteiger partial charge in [0.25, 0.3) is 5.91 Å². The summed E-state index contributed by atoms with van der Waals surface area (Å²) in [5.41, 5.74) is 1.48. The number of amides is 2. The number of fused-ring (bicyclic) bond motifs is 2. The van der Waals surface area contributed by atoms with E-state index in [4.69, 9.17) is 9.47 Å². The molecule has 1 aromatic heterocycles. The molecule has 0 atom stereocenters. The first-order chi connectivity index (χ1) is 12.6. The second kappa shape index (κ2) is 6.21. The number of anilines is 3. The van der Waals surface area contributed by atoms with E-state index in [2.05, 4.69) is 20.9 Å². The number of ether oxygens (including phenoxy) is 2. The average molecular weight is 354 g/mol. The topological polar surface area (TPSA) is 102 Å². The smallest absolute Gasteiger partial charge is 0.254 e. The minimum absolute atomic E-state index is 0.0231. The summed E-state index contributed by atoms with van der Waals surface area (Å²) in [5, 5.41) is 8.58. The van der Waals surface area contributed by atoms with Gasteiger partial charge < -0.3 is 25.4 Å². The standard InChI is InChI=1S/C18H18N4O4/c1-19-18(24)11-8-20-16(22-17(23)9-3-4-9)15-14(11)21-12-6-5-10(25-2)7-13(12)26-15/h5-9,21H,3-4H2,1-2H3,(H,19,24)(H,20,22,23). The van der Waals surface area contributed by atoms with Gasteiger partial charge in [-0.25, -0.2) is 4.98 Å². The Morgan fingerprint density at radius 3 is 2.85 bits per heavy atom. The number of aromatic nitrogens is 1. The van der Waals surface area contributed by atoms with E-state index in [-0.39, 0.29) is 23.6 Å². The molecule has 1 aliphatic carbocycles. The Balaban J connectivity index is 1.77. The molecule has 2 amide bonds. The maximum atomic E-state index is 12.2. The zero-order valence-corrected chi connectivity index (χ0v) is 14.4. The number of carbonyl (C=O) groups is 2. The van der Waals surface area contributed by atoms with Crippen molar-refractivity contribution >= 4 is 29.0 Å². The molecule has 0 radical (unpaired) electrons. The van der Waals surface area contributed by atoms with Gasteiger partial charge in [0.2, 0.25) is 5.91 Å². The summed E-state index contributed by atoms with van der Waals surface area (Å²) in [5.74, 6) is 1.37. The molecular formula is C18H18N4O4. The van der Waals surface area contributed by atoms with E-state index in [0.29, 0.717) is 34.2 Å². The predicted molar refractivity (Wildman–Crippen MR) is 95.3 cm³/mol. The molecule has 1 aliphatic heterocycles. The molecule has 0 bridgehead atoms. The van der Waals surface area contributed by atoms with Gasteiger partial charge in [0, 0.05) is 25.2 Å². The van der Waals surface area contributed by atoms with Crippen LogP contribution >= 0.6 is 0 Å². The molecule has 3 N–H and O–H groups in total. The lowest BCUT2D eigenvalue weighted by Crippen LogP contribution is -2.22. The second-order valence-electron chi connectivity index (χ2n) is 6.16. The van der Waals surface area contributed by atoms with Gasteiger partial charge in [-0.05, 0) is 25.0 Å². The van der Waals surface area contributed by atoms with E-state index in [9.17, 15) is 9.59 Å². The first kappa shape index (κ1) is 16.2. The summed E-state index contributed by atoms with van der Waals surface area (Å²) in [7, 11) is 3.11. The average Bonchev–Trinajstić information content (AvgIpc) is 3.51. The third-order valence-corrected chi connectivity index (χ3v) is 4.36. The van der Waals surface area contributed by atoms with Crippen LogP contribution in [0.3, 0.4) is 0 Å². The van der Waals surface area contributed by atoms with Crippen molar-refractivity contribution in [2.24, 2.45) is 5.92 Å². The van der Waals surface area contributed by atoms with Crippen LogP contribution in [0, 0.1) is 5.92 Å². The largest absolute Gasteiger partial charge is 0.497 e. The van der Waals surface area contributed by atoms with Gasteiger partial charge >= 0.3 is 0 Å². The number of benzene rings is 1. The molecule has 4 rings (SSSR count). The van der Waals surface area contributed by atoms with Crippen molar-refractivity contribution in [3.63, 3.8) is 0 Å². The van der Waals surface area contributed by atoms with E-state index >= 15 is 0 Å². The minimum Gasteiger partial charge on any atom is -0.497 e. The fraction of sp³-hybridized carbons (Fsp3) is 0.278. The summed E-state index contributed by atoms with van der Waals surface area (Å²) in [6.45, 7) is 0. The Labute approximate surface area is 149 Å². The number of nitrogens with one attached hydrogen (secondary N) is 3. The normalized spacial score (nSPS) is 14.2. The Hall–Kier alpha value is -3.29. The van der Waals surface area contributed by atoms with Crippen molar-refractivity contribution in [3.8, 4) is 17.2 Å². The highest BCUT2D eigenvalue weighted by Gasteiger charge is 2.32. The first-order valence-electron chi connectivity index (χ1n) is 8.29. The van der Waals surface area contributed by atoms with Gasteiger partial charge in [-0.15, -0.1) is 0 Å². The summed E-state index contributed by atoms with van der Waals surface area (Å²) in [6, 6.07) is 5.31. The molecule has 2 aromatic rings. The van der Waals surface area contributed by atoms with Crippen molar-refractivity contribution in [2.45, 2.75) is 12.8 Å². The molecule has 26 heavy (non-hydrogen) atoms. The van der Waals surface area contributed by atoms with Crippen LogP contribution in [0.25, 0.3) is 0 Å². The molecule has 1 aromatic carbocycles. The van der Waals surface area contributed by atoms with E-state index < -0.39 is 0 Å². The van der Waals surface area contributed by atoms with Crippen LogP contribution in [0.5, 0.6) is 17.2 Å². The molecule has 0 saturated heterocycles. The summed E-state index contributed by atoms with van der Waals surface area (Å²) in [6.07, 6.45) is 3.18. The SMILES string of the molecule is CNC(=O)c1cnc(NC(=O)C2CC2)c2c1Nc1ccc(OC)cc1O2. The van der Waals surface area contributed by atoms with Gasteiger partial charge in [0.05, 0.1) is 18.4 Å². The zero-order chi connectivity index (χ0) is 18.3. The van der Waals surface area contributed by atoms with E-state index in [1.807, 2.05) is 0 Å². The molecule has 0 unspecified atom stereocenters. The number of pyridine rings is 1. The predicted octanol–water partition coefficient (Wildman–Crippen LogP) is 2.65. The maximum Gasteiger partial charge on any atom is 0.254 e. The minimum atomic E-state index is -0.304. The second-order valence-corrected chi connectivity index (χ2v) is 6.16. The Kier molecular flexibility index (Phi) is 3.87. The number of methoxy groups -OCH3 is 1. The third-order valence-electron chi connectivity index (χ3n) is 4.36. The van der Waals surface area contributed by atoms with Gasteiger partial charge in [0.15, 0.2) is 17.3 Å². The summed E-state index contributed by atoms with van der Waals surface area (Å²) in [4.78, 5) is 28.6. The van der Waals surface area contributed by atoms with Crippen molar-refractivity contribution in [1.29, 1.82) is 0 Å². The van der Waals surface area contributed by atoms with E-state index in [1.54, 1.807) is 32.4 Å². The van der Waals surface area contributed by atoms with Gasteiger partial charge in [-0.2, -0.15) is 0 Å². The lowest BCUT2D eigenvalue weighted by atomic mass is 10.1. The molecule has 1 saturated carbocycles. The van der Waals surface area contributed by atoms with Crippen LogP contribution in [-0.2, 0) is 4.79 Å². The number of hydrogen-bond acceptors (Lipinski definition) is 6. The molecule has 134 valence electrons. The van der Waals surface area contributed by atoms with E-state index in [0.717, 1.165) is 12.8 Å². The van der Waals surface area contributed by atoms with Crippen LogP contribution in [0.4, 0.5) is 17.2 Å². The highest BCUT2D eigenvalue weighted by Crippen LogP contribution is 2.48. The van der Waals surface area contributed by atoms with Gasteiger partial charge in [0.1, 0.15) is 11.4 Å². The van der Waals surface area contributed by atoms with E-state index in [1.165, 1.54) is 6.20 Å². The fourth-order valence-corrected chi connectivity index (χ4v) is 2.74. The lowest BCUT2D eigenvalue weighted by molar-refractivity contribution is -0.117. The highest BCUT2D eigenvalue weighted by molar-refractivity contribution is 6.05. The first-order valence-corrected chi connectivity index (χ1v) is 8.29. The molecule has 1 fully saturated rings. The lowest BCUT2D eigenvalue weighted by Gasteiger charge is -2.25. The van der Waals surface area contributed by atoms with Gasteiger partial charge in [-0.1, -0.05) is 0 Å². The Bertz CT molecular complexity index is 908. The van der Waals surface area contributed by atoms with Crippen LogP contribution in [-0.4, -0.2) is 31.0 Å². The quantitative estimate of drug-likeness (QED) is 0.666. The van der Waals surface area contributed by atoms with Gasteiger partial charge in [-0.3, -0.25) is 9.59 Å². The monoisotopic (exact) mass is 354 g/mol. The van der Waals surface area contributed by atoms with Crippen LogP contribution in [0.2, 0.25) is 0 Å². The molecule has 8 heteroatoms. The van der Waals surface area contributed by atoms with Crippen molar-refractivity contribution in [3.05, 3.63) is 30.0 Å². The molecule has 8 nitrogen and oxygen atoms in total. The number of nitrogens with zero attached hydrogens (tertiary/aromatic N) is 1. The van der Waals surface area contributed by atoms with Crippen molar-refractivity contribution < 1.29 is 19.1 Å². The number of rotatable bonds is 4. The fourth-order valence-electron chi connectivity index (χ4n) is 2.74. The molecule has 2 heterocycles. The van der Waals surface area contributed by atoms with Crippen molar-refractivity contribution in [2.75, 3.05) is 24.8 Å². The molecular weight excluding hydrogens is 336 g/mol. The summed E-state index contributed by atoms with van der Waals surface area (Å²) >= 11 is 0. The van der Waals surface area contributed by atoms with Crippen LogP contribution in [0.15, 0.2) is 24.4 Å². The third kappa shape index (κ3) is 2.79. The number of hydrogen-bond donors (Lipinski definition) is 3. The highest BCUT2D eigenvalue weighted by atomic mass is 16.5. The molecule has 2 aliphatic rings. The maximum absolute atomic E-state index is 12.2. The zero-order valence-electron chi connectivity index (χ0n) is 14.4. The summed E-state index contributed by atoms with van der Waals surface area (Å²) < 4.78 is 11.2. The van der Waals surface area contributed by atoms with Crippen molar-refractivity contribution in [1.82, 2.24) is 10.3 Å².